The van der Waals surface area contributed by atoms with Gasteiger partial charge in [0.15, 0.2) is 5.82 Å². The Bertz CT molecular complexity index is 1060. The molecular weight excluding hydrogens is 354 g/mol. The third kappa shape index (κ3) is 3.08. The molecule has 3 aromatic heterocycles. The minimum atomic E-state index is -0.0611. The number of rotatable bonds is 3. The molecule has 3 aromatic rings. The first kappa shape index (κ1) is 18.3. The van der Waals surface area contributed by atoms with E-state index in [2.05, 4.69) is 50.7 Å². The summed E-state index contributed by atoms with van der Waals surface area (Å²) >= 11 is 0. The maximum Gasteiger partial charge on any atom is 0.262 e. The van der Waals surface area contributed by atoms with E-state index in [1.54, 1.807) is 30.1 Å². The van der Waals surface area contributed by atoms with Crippen LogP contribution in [0.3, 0.4) is 0 Å². The average Bonchev–Trinajstić information content (AvgIpc) is 2.63. The minimum Gasteiger partial charge on any atom is -0.351 e. The van der Waals surface area contributed by atoms with Gasteiger partial charge >= 0.3 is 0 Å². The second kappa shape index (κ2) is 6.54. The quantitative estimate of drug-likeness (QED) is 0.686. The van der Waals surface area contributed by atoms with Crippen molar-refractivity contribution in [3.05, 3.63) is 46.6 Å². The van der Waals surface area contributed by atoms with Crippen molar-refractivity contribution in [3.63, 3.8) is 0 Å². The SMILES string of the molecule is CN(c1nc2cnccc2c(=O)n1C)C1CN(c2ccc(C(C)(C)C)nn2)C1. The summed E-state index contributed by atoms with van der Waals surface area (Å²) in [6.07, 6.45) is 3.25. The van der Waals surface area contributed by atoms with Crippen molar-refractivity contribution in [2.75, 3.05) is 29.9 Å². The normalized spacial score (nSPS) is 15.0. The summed E-state index contributed by atoms with van der Waals surface area (Å²) in [5.41, 5.74) is 1.53. The molecular formula is C20H25N7O. The molecule has 28 heavy (non-hydrogen) atoms. The topological polar surface area (TPSA) is 80.0 Å². The van der Waals surface area contributed by atoms with E-state index in [9.17, 15) is 4.79 Å². The Morgan fingerprint density at radius 3 is 2.54 bits per heavy atom. The monoisotopic (exact) mass is 379 g/mol. The van der Waals surface area contributed by atoms with Gasteiger partial charge in [0, 0.05) is 38.8 Å². The van der Waals surface area contributed by atoms with Gasteiger partial charge in [-0.05, 0) is 18.2 Å². The van der Waals surface area contributed by atoms with Crippen molar-refractivity contribution >= 4 is 22.7 Å². The predicted octanol–water partition coefficient (Wildman–Crippen LogP) is 1.74. The molecule has 8 nitrogen and oxygen atoms in total. The van der Waals surface area contributed by atoms with Crippen LogP contribution < -0.4 is 15.4 Å². The van der Waals surface area contributed by atoms with Gasteiger partial charge in [0.25, 0.3) is 5.56 Å². The van der Waals surface area contributed by atoms with Crippen LogP contribution in [0.5, 0.6) is 0 Å². The number of anilines is 2. The smallest absolute Gasteiger partial charge is 0.262 e. The zero-order valence-electron chi connectivity index (χ0n) is 16.9. The number of hydrogen-bond acceptors (Lipinski definition) is 7. The number of nitrogens with zero attached hydrogens (tertiary/aromatic N) is 7. The summed E-state index contributed by atoms with van der Waals surface area (Å²) in [5.74, 6) is 1.52. The fourth-order valence-corrected chi connectivity index (χ4v) is 3.37. The summed E-state index contributed by atoms with van der Waals surface area (Å²) in [5, 5.41) is 9.34. The molecule has 0 aliphatic carbocycles. The lowest BCUT2D eigenvalue weighted by Crippen LogP contribution is -2.60. The number of fused-ring (bicyclic) bond motifs is 1. The van der Waals surface area contributed by atoms with E-state index in [1.807, 2.05) is 19.2 Å². The molecule has 0 N–H and O–H groups in total. The van der Waals surface area contributed by atoms with Crippen LogP contribution in [-0.4, -0.2) is 50.9 Å². The van der Waals surface area contributed by atoms with Gasteiger partial charge < -0.3 is 9.80 Å². The van der Waals surface area contributed by atoms with Crippen LogP contribution in [0.1, 0.15) is 26.5 Å². The highest BCUT2D eigenvalue weighted by molar-refractivity contribution is 5.77. The Morgan fingerprint density at radius 2 is 1.89 bits per heavy atom. The van der Waals surface area contributed by atoms with E-state index in [1.165, 1.54) is 0 Å². The van der Waals surface area contributed by atoms with E-state index >= 15 is 0 Å². The van der Waals surface area contributed by atoms with Crippen molar-refractivity contribution in [1.82, 2.24) is 24.7 Å². The van der Waals surface area contributed by atoms with Crippen LogP contribution in [0, 0.1) is 0 Å². The standard InChI is InChI=1S/C20H25N7O/c1-20(2,3)16-6-7-17(24-23-16)27-11-13(12-27)25(4)19-22-15-10-21-9-8-14(15)18(28)26(19)5/h6-10,13H,11-12H2,1-5H3. The zero-order chi connectivity index (χ0) is 20.1. The van der Waals surface area contributed by atoms with Crippen molar-refractivity contribution in [3.8, 4) is 0 Å². The van der Waals surface area contributed by atoms with Crippen LogP contribution in [0.2, 0.25) is 0 Å². The predicted molar refractivity (Wildman–Crippen MR) is 110 cm³/mol. The highest BCUT2D eigenvalue weighted by Gasteiger charge is 2.33. The Hall–Kier alpha value is -3.03. The molecule has 0 radical (unpaired) electrons. The molecule has 0 saturated carbocycles. The molecule has 4 heterocycles. The van der Waals surface area contributed by atoms with E-state index in [0.717, 1.165) is 24.6 Å². The Labute approximate surface area is 163 Å². The van der Waals surface area contributed by atoms with E-state index < -0.39 is 0 Å². The maximum absolute atomic E-state index is 12.6. The molecule has 0 amide bonds. The highest BCUT2D eigenvalue weighted by Crippen LogP contribution is 2.26. The van der Waals surface area contributed by atoms with Crippen molar-refractivity contribution in [2.24, 2.45) is 7.05 Å². The van der Waals surface area contributed by atoms with Gasteiger partial charge in [0.2, 0.25) is 5.95 Å². The van der Waals surface area contributed by atoms with Crippen LogP contribution in [0.25, 0.3) is 10.9 Å². The van der Waals surface area contributed by atoms with Crippen LogP contribution >= 0.6 is 0 Å². The molecule has 0 unspecified atom stereocenters. The third-order valence-electron chi connectivity index (χ3n) is 5.32. The second-order valence-corrected chi connectivity index (χ2v) is 8.37. The van der Waals surface area contributed by atoms with Gasteiger partial charge in [0.1, 0.15) is 0 Å². The average molecular weight is 379 g/mol. The zero-order valence-corrected chi connectivity index (χ0v) is 16.9. The largest absolute Gasteiger partial charge is 0.351 e. The summed E-state index contributed by atoms with van der Waals surface area (Å²) < 4.78 is 1.60. The molecule has 146 valence electrons. The number of hydrogen-bond donors (Lipinski definition) is 0. The summed E-state index contributed by atoms with van der Waals surface area (Å²) in [7, 11) is 3.73. The molecule has 1 aliphatic rings. The summed E-state index contributed by atoms with van der Waals surface area (Å²) in [6, 6.07) is 6.02. The number of likely N-dealkylation sites (N-methyl/N-ethyl adjacent to an activating group) is 1. The van der Waals surface area contributed by atoms with Gasteiger partial charge in [-0.25, -0.2) is 4.98 Å². The fraction of sp³-hybridized carbons (Fsp3) is 0.450. The molecule has 0 bridgehead atoms. The van der Waals surface area contributed by atoms with Gasteiger partial charge in [-0.15, -0.1) is 5.10 Å². The Balaban J connectivity index is 1.51. The lowest BCUT2D eigenvalue weighted by Gasteiger charge is -2.45. The van der Waals surface area contributed by atoms with Crippen LogP contribution in [0.4, 0.5) is 11.8 Å². The second-order valence-electron chi connectivity index (χ2n) is 8.37. The first-order chi connectivity index (χ1) is 13.3. The number of aromatic nitrogens is 5. The van der Waals surface area contributed by atoms with Gasteiger partial charge in [0.05, 0.1) is 28.8 Å². The van der Waals surface area contributed by atoms with Crippen LogP contribution in [0.15, 0.2) is 35.4 Å². The summed E-state index contributed by atoms with van der Waals surface area (Å²) in [4.78, 5) is 25.6. The number of pyridine rings is 1. The minimum absolute atomic E-state index is 0.00930. The Morgan fingerprint density at radius 1 is 1.14 bits per heavy atom. The molecule has 8 heteroatoms. The van der Waals surface area contributed by atoms with Gasteiger partial charge in [-0.2, -0.15) is 5.10 Å². The first-order valence-corrected chi connectivity index (χ1v) is 9.38. The first-order valence-electron chi connectivity index (χ1n) is 9.38. The van der Waals surface area contributed by atoms with Crippen molar-refractivity contribution in [2.45, 2.75) is 32.2 Å². The van der Waals surface area contributed by atoms with Crippen molar-refractivity contribution in [1.29, 1.82) is 0 Å². The molecule has 0 aromatic carbocycles. The van der Waals surface area contributed by atoms with Gasteiger partial charge in [-0.1, -0.05) is 20.8 Å². The summed E-state index contributed by atoms with van der Waals surface area (Å²) in [6.45, 7) is 7.99. The lowest BCUT2D eigenvalue weighted by atomic mass is 9.92. The van der Waals surface area contributed by atoms with Crippen molar-refractivity contribution < 1.29 is 0 Å². The Kier molecular flexibility index (Phi) is 4.28. The molecule has 1 saturated heterocycles. The van der Waals surface area contributed by atoms with Gasteiger partial charge in [-0.3, -0.25) is 14.3 Å². The molecule has 0 atom stereocenters. The molecule has 0 spiro atoms. The molecule has 4 rings (SSSR count). The third-order valence-corrected chi connectivity index (χ3v) is 5.32. The van der Waals surface area contributed by atoms with E-state index in [4.69, 9.17) is 0 Å². The van der Waals surface area contributed by atoms with E-state index in [-0.39, 0.29) is 17.0 Å². The fourth-order valence-electron chi connectivity index (χ4n) is 3.37. The lowest BCUT2D eigenvalue weighted by molar-refractivity contribution is 0.477. The molecule has 1 fully saturated rings. The molecule has 1 aliphatic heterocycles. The highest BCUT2D eigenvalue weighted by atomic mass is 16.1. The van der Waals surface area contributed by atoms with E-state index in [0.29, 0.717) is 16.9 Å². The maximum atomic E-state index is 12.6. The van der Waals surface area contributed by atoms with Crippen LogP contribution in [-0.2, 0) is 12.5 Å².